The Bertz CT molecular complexity index is 900. The molecule has 0 spiro atoms. The quantitative estimate of drug-likeness (QED) is 0.728. The van der Waals surface area contributed by atoms with Gasteiger partial charge in [-0.3, -0.25) is 4.79 Å². The fourth-order valence-corrected chi connectivity index (χ4v) is 5.17. The van der Waals surface area contributed by atoms with E-state index in [0.29, 0.717) is 17.8 Å². The van der Waals surface area contributed by atoms with E-state index in [-0.39, 0.29) is 41.9 Å². The first-order valence-electron chi connectivity index (χ1n) is 8.19. The molecule has 26 heavy (non-hydrogen) atoms. The Morgan fingerprint density at radius 1 is 1.00 bits per heavy atom. The van der Waals surface area contributed by atoms with Gasteiger partial charge in [-0.15, -0.1) is 0 Å². The number of fused-ring (bicyclic) bond motifs is 2. The molecule has 138 valence electrons. The van der Waals surface area contributed by atoms with E-state index in [4.69, 9.17) is 9.15 Å². The normalized spacial score (nSPS) is 23.8. The molecule has 1 aromatic heterocycles. The number of carbonyl (C=O) groups is 1. The van der Waals surface area contributed by atoms with Gasteiger partial charge < -0.3 is 14.1 Å². The Morgan fingerprint density at radius 3 is 2.23 bits per heavy atom. The zero-order valence-corrected chi connectivity index (χ0v) is 16.1. The van der Waals surface area contributed by atoms with Gasteiger partial charge in [0.05, 0.1) is 17.1 Å². The zero-order valence-electron chi connectivity index (χ0n) is 13.7. The number of benzene rings is 1. The van der Waals surface area contributed by atoms with Crippen molar-refractivity contribution in [2.24, 2.45) is 0 Å². The lowest BCUT2D eigenvalue weighted by atomic mass is 10.1. The van der Waals surface area contributed by atoms with Gasteiger partial charge in [-0.25, -0.2) is 8.42 Å². The van der Waals surface area contributed by atoms with Gasteiger partial charge >= 0.3 is 0 Å². The van der Waals surface area contributed by atoms with Crippen LogP contribution in [0.5, 0.6) is 0 Å². The highest BCUT2D eigenvalue weighted by atomic mass is 79.9. The first-order valence-corrected chi connectivity index (χ1v) is 10.4. The van der Waals surface area contributed by atoms with Crippen LogP contribution in [-0.4, -0.2) is 61.9 Å². The van der Waals surface area contributed by atoms with Crippen LogP contribution in [0.3, 0.4) is 0 Å². The molecule has 2 aliphatic heterocycles. The number of nitrogens with zero attached hydrogens (tertiary/aromatic N) is 2. The summed E-state index contributed by atoms with van der Waals surface area (Å²) in [5.74, 6) is 0.0407. The molecule has 1 aromatic carbocycles. The fourth-order valence-electron chi connectivity index (χ4n) is 3.34. The second-order valence-corrected chi connectivity index (χ2v) is 9.05. The third-order valence-corrected chi connectivity index (χ3v) is 6.77. The van der Waals surface area contributed by atoms with Crippen LogP contribution in [0.4, 0.5) is 0 Å². The van der Waals surface area contributed by atoms with Crippen molar-refractivity contribution in [2.75, 3.05) is 26.2 Å². The van der Waals surface area contributed by atoms with Crippen LogP contribution in [0.25, 0.3) is 0 Å². The molecule has 0 unspecified atom stereocenters. The maximum atomic E-state index is 12.8. The highest BCUT2D eigenvalue weighted by Gasteiger charge is 2.41. The lowest BCUT2D eigenvalue weighted by Crippen LogP contribution is -2.61. The second kappa shape index (κ2) is 6.80. The predicted octanol–water partition coefficient (Wildman–Crippen LogP) is 1.96. The third-order valence-electron chi connectivity index (χ3n) is 4.50. The molecule has 0 N–H and O–H groups in total. The molecule has 3 heterocycles. The maximum absolute atomic E-state index is 12.8. The molecule has 7 nitrogen and oxygen atoms in total. The van der Waals surface area contributed by atoms with Gasteiger partial charge in [0, 0.05) is 26.2 Å². The lowest BCUT2D eigenvalue weighted by molar-refractivity contribution is -0.113. The first-order chi connectivity index (χ1) is 12.4. The molecule has 2 aromatic rings. The summed E-state index contributed by atoms with van der Waals surface area (Å²) in [6.07, 6.45) is -0.716. The maximum Gasteiger partial charge on any atom is 0.289 e. The second-order valence-electron chi connectivity index (χ2n) is 6.33. The summed E-state index contributed by atoms with van der Waals surface area (Å²) in [6, 6.07) is 11.7. The van der Waals surface area contributed by atoms with E-state index in [1.807, 2.05) is 0 Å². The van der Waals surface area contributed by atoms with Crippen molar-refractivity contribution >= 4 is 31.9 Å². The minimum absolute atomic E-state index is 0.214. The summed E-state index contributed by atoms with van der Waals surface area (Å²) < 4.78 is 38.8. The Balaban J connectivity index is 1.49. The van der Waals surface area contributed by atoms with Gasteiger partial charge in [0.25, 0.3) is 5.91 Å². The molecule has 4 rings (SSSR count). The number of hydrogen-bond donors (Lipinski definition) is 0. The van der Waals surface area contributed by atoms with Crippen LogP contribution in [0.1, 0.15) is 10.6 Å². The average Bonchev–Trinajstić information content (AvgIpc) is 3.07. The average molecular weight is 441 g/mol. The molecule has 0 saturated carbocycles. The summed E-state index contributed by atoms with van der Waals surface area (Å²) >= 11 is 3.19. The number of hydrogen-bond acceptors (Lipinski definition) is 5. The standard InChI is InChI=1S/C17H17BrN2O5S/c18-16-7-6-15(25-16)17(21)19-8-12-10-20(11-13(9-19)24-12)26(22,23)14-4-2-1-3-5-14/h1-7,12-13H,8-11H2/t12-,13+. The first kappa shape index (κ1) is 17.7. The summed E-state index contributed by atoms with van der Waals surface area (Å²) in [4.78, 5) is 14.5. The number of carbonyl (C=O) groups excluding carboxylic acids is 1. The topological polar surface area (TPSA) is 80.1 Å². The molecule has 0 radical (unpaired) electrons. The van der Waals surface area contributed by atoms with Gasteiger partial charge in [-0.1, -0.05) is 18.2 Å². The SMILES string of the molecule is O=C(c1ccc(Br)o1)N1C[C@@H]2CN(S(=O)(=O)c3ccccc3)C[C@H](C1)O2. The van der Waals surface area contributed by atoms with Crippen molar-refractivity contribution in [3.8, 4) is 0 Å². The Hall–Kier alpha value is -1.68. The van der Waals surface area contributed by atoms with Crippen LogP contribution in [0, 0.1) is 0 Å². The molecule has 1 amide bonds. The molecule has 2 aliphatic rings. The van der Waals surface area contributed by atoms with E-state index in [0.717, 1.165) is 0 Å². The molecule has 2 saturated heterocycles. The van der Waals surface area contributed by atoms with Crippen molar-refractivity contribution in [3.05, 3.63) is 52.9 Å². The summed E-state index contributed by atoms with van der Waals surface area (Å²) in [5.41, 5.74) is 0. The number of morpholine rings is 2. The van der Waals surface area contributed by atoms with Gasteiger partial charge in [0.2, 0.25) is 10.0 Å². The molecule has 2 atom stereocenters. The van der Waals surface area contributed by atoms with Crippen LogP contribution < -0.4 is 0 Å². The molecule has 0 aliphatic carbocycles. The molecule has 9 heteroatoms. The summed E-state index contributed by atoms with van der Waals surface area (Å²) in [7, 11) is -3.57. The van der Waals surface area contributed by atoms with Crippen molar-refractivity contribution in [3.63, 3.8) is 0 Å². The highest BCUT2D eigenvalue weighted by Crippen LogP contribution is 2.26. The minimum Gasteiger partial charge on any atom is -0.444 e. The Kier molecular flexibility index (Phi) is 4.64. The van der Waals surface area contributed by atoms with E-state index in [2.05, 4.69) is 15.9 Å². The van der Waals surface area contributed by atoms with E-state index in [1.165, 1.54) is 4.31 Å². The van der Waals surface area contributed by atoms with Crippen molar-refractivity contribution in [2.45, 2.75) is 17.1 Å². The van der Waals surface area contributed by atoms with E-state index < -0.39 is 10.0 Å². The smallest absolute Gasteiger partial charge is 0.289 e. The van der Waals surface area contributed by atoms with Gasteiger partial charge in [-0.2, -0.15) is 4.31 Å². The zero-order chi connectivity index (χ0) is 18.3. The van der Waals surface area contributed by atoms with Crippen molar-refractivity contribution in [1.82, 2.24) is 9.21 Å². The van der Waals surface area contributed by atoms with E-state index in [1.54, 1.807) is 47.4 Å². The molecular formula is C17H17BrN2O5S. The van der Waals surface area contributed by atoms with E-state index in [9.17, 15) is 13.2 Å². The Labute approximate surface area is 159 Å². The lowest BCUT2D eigenvalue weighted by Gasteiger charge is -2.44. The number of ether oxygens (including phenoxy) is 1. The number of sulfonamides is 1. The third kappa shape index (κ3) is 3.32. The van der Waals surface area contributed by atoms with Crippen molar-refractivity contribution < 1.29 is 22.4 Å². The largest absolute Gasteiger partial charge is 0.444 e. The van der Waals surface area contributed by atoms with Gasteiger partial charge in [0.1, 0.15) is 0 Å². The Morgan fingerprint density at radius 2 is 1.65 bits per heavy atom. The van der Waals surface area contributed by atoms with Gasteiger partial charge in [0.15, 0.2) is 10.4 Å². The van der Waals surface area contributed by atoms with Crippen LogP contribution >= 0.6 is 15.9 Å². The number of amides is 1. The highest BCUT2D eigenvalue weighted by molar-refractivity contribution is 9.10. The minimum atomic E-state index is -3.57. The molecule has 2 bridgehead atoms. The predicted molar refractivity (Wildman–Crippen MR) is 96.2 cm³/mol. The van der Waals surface area contributed by atoms with Crippen LogP contribution in [-0.2, 0) is 14.8 Å². The van der Waals surface area contributed by atoms with Crippen LogP contribution in [0.15, 0.2) is 56.4 Å². The monoisotopic (exact) mass is 440 g/mol. The molecular weight excluding hydrogens is 424 g/mol. The van der Waals surface area contributed by atoms with Gasteiger partial charge in [-0.05, 0) is 40.2 Å². The van der Waals surface area contributed by atoms with E-state index >= 15 is 0 Å². The summed E-state index contributed by atoms with van der Waals surface area (Å²) in [6.45, 7) is 1.10. The van der Waals surface area contributed by atoms with Crippen LogP contribution in [0.2, 0.25) is 0 Å². The molecule has 2 fully saturated rings. The number of furan rings is 1. The van der Waals surface area contributed by atoms with Crippen molar-refractivity contribution in [1.29, 1.82) is 0 Å². The fraction of sp³-hybridized carbons (Fsp3) is 0.353. The number of halogens is 1. The summed E-state index contributed by atoms with van der Waals surface area (Å²) in [5, 5.41) is 0. The number of rotatable bonds is 3.